The molecule has 0 saturated heterocycles. The van der Waals surface area contributed by atoms with Gasteiger partial charge >= 0.3 is 0 Å². The van der Waals surface area contributed by atoms with Crippen LogP contribution in [0.3, 0.4) is 0 Å². The molecule has 4 nitrogen and oxygen atoms in total. The Morgan fingerprint density at radius 3 is 2.71 bits per heavy atom. The lowest BCUT2D eigenvalue weighted by Gasteiger charge is -2.10. The zero-order chi connectivity index (χ0) is 15.4. The zero-order valence-electron chi connectivity index (χ0n) is 11.3. The first kappa shape index (κ1) is 15.5. The molecule has 0 saturated carbocycles. The summed E-state index contributed by atoms with van der Waals surface area (Å²) >= 11 is 11.9. The first-order valence-electron chi connectivity index (χ1n) is 6.30. The molecular formula is C15H14Cl2N2O2. The second-order valence-corrected chi connectivity index (χ2v) is 5.03. The number of nitrogen functional groups attached to an aromatic ring is 1. The number of nitrogens with one attached hydrogen (secondary N) is 1. The van der Waals surface area contributed by atoms with Crippen LogP contribution < -0.4 is 15.8 Å². The van der Waals surface area contributed by atoms with Crippen molar-refractivity contribution in [2.24, 2.45) is 0 Å². The minimum absolute atomic E-state index is 0.298. The molecule has 2 rings (SSSR count). The van der Waals surface area contributed by atoms with Gasteiger partial charge in [0, 0.05) is 5.56 Å². The average molecular weight is 325 g/mol. The monoisotopic (exact) mass is 324 g/mol. The van der Waals surface area contributed by atoms with Crippen molar-refractivity contribution in [1.29, 1.82) is 0 Å². The molecule has 0 aliphatic heterocycles. The summed E-state index contributed by atoms with van der Waals surface area (Å²) < 4.78 is 5.33. The number of anilines is 2. The van der Waals surface area contributed by atoms with Gasteiger partial charge in [0.25, 0.3) is 5.91 Å². The third kappa shape index (κ3) is 3.60. The van der Waals surface area contributed by atoms with Crippen LogP contribution in [0.25, 0.3) is 0 Å². The van der Waals surface area contributed by atoms with Crippen molar-refractivity contribution in [1.82, 2.24) is 0 Å². The van der Waals surface area contributed by atoms with E-state index < -0.39 is 0 Å². The zero-order valence-corrected chi connectivity index (χ0v) is 12.8. The van der Waals surface area contributed by atoms with Crippen LogP contribution in [-0.4, -0.2) is 12.5 Å². The summed E-state index contributed by atoms with van der Waals surface area (Å²) in [5.74, 6) is 0.226. The Balaban J connectivity index is 2.21. The van der Waals surface area contributed by atoms with E-state index in [9.17, 15) is 4.79 Å². The molecule has 0 aromatic heterocycles. The number of halogens is 2. The molecule has 21 heavy (non-hydrogen) atoms. The van der Waals surface area contributed by atoms with Crippen molar-refractivity contribution in [2.45, 2.75) is 6.92 Å². The van der Waals surface area contributed by atoms with Gasteiger partial charge in [-0.1, -0.05) is 29.3 Å². The Morgan fingerprint density at radius 2 is 2.05 bits per heavy atom. The van der Waals surface area contributed by atoms with Crippen LogP contribution in [0.2, 0.25) is 10.0 Å². The summed E-state index contributed by atoms with van der Waals surface area (Å²) in [4.78, 5) is 12.2. The summed E-state index contributed by atoms with van der Waals surface area (Å²) in [6, 6.07) is 9.87. The van der Waals surface area contributed by atoms with Gasteiger partial charge in [-0.3, -0.25) is 4.79 Å². The number of nitrogens with two attached hydrogens (primary N) is 1. The van der Waals surface area contributed by atoms with E-state index in [2.05, 4.69) is 5.32 Å². The molecule has 0 atom stereocenters. The maximum Gasteiger partial charge on any atom is 0.255 e. The van der Waals surface area contributed by atoms with E-state index in [0.29, 0.717) is 39.3 Å². The quantitative estimate of drug-likeness (QED) is 0.827. The lowest BCUT2D eigenvalue weighted by molar-refractivity contribution is 0.102. The number of carbonyl (C=O) groups excluding carboxylic acids is 1. The van der Waals surface area contributed by atoms with E-state index in [1.165, 1.54) is 0 Å². The topological polar surface area (TPSA) is 64.3 Å². The van der Waals surface area contributed by atoms with Crippen LogP contribution in [0, 0.1) is 0 Å². The number of benzene rings is 2. The Morgan fingerprint density at radius 1 is 1.29 bits per heavy atom. The summed E-state index contributed by atoms with van der Waals surface area (Å²) in [6.45, 7) is 2.37. The fourth-order valence-corrected chi connectivity index (χ4v) is 2.12. The molecule has 0 spiro atoms. The first-order chi connectivity index (χ1) is 10.0. The minimum atomic E-state index is -0.325. The smallest absolute Gasteiger partial charge is 0.255 e. The predicted octanol–water partition coefficient (Wildman–Crippen LogP) is 4.23. The standard InChI is InChI=1S/C15H14Cl2N2O2/c1-2-21-13-7-6-9(8-11(13)18)15(20)19-12-5-3-4-10(16)14(12)17/h3-8H,2,18H2,1H3,(H,19,20). The Hall–Kier alpha value is -1.91. The van der Waals surface area contributed by atoms with E-state index in [1.54, 1.807) is 36.4 Å². The number of hydrogen-bond acceptors (Lipinski definition) is 3. The van der Waals surface area contributed by atoms with Gasteiger partial charge in [-0.25, -0.2) is 0 Å². The summed E-state index contributed by atoms with van der Waals surface area (Å²) in [5.41, 5.74) is 7.10. The largest absolute Gasteiger partial charge is 0.492 e. The van der Waals surface area contributed by atoms with E-state index in [4.69, 9.17) is 33.7 Å². The molecular weight excluding hydrogens is 311 g/mol. The summed E-state index contributed by atoms with van der Waals surface area (Å²) in [7, 11) is 0. The van der Waals surface area contributed by atoms with Crippen LogP contribution in [0.4, 0.5) is 11.4 Å². The van der Waals surface area contributed by atoms with Crippen molar-refractivity contribution in [3.05, 3.63) is 52.0 Å². The molecule has 0 heterocycles. The highest BCUT2D eigenvalue weighted by atomic mass is 35.5. The highest BCUT2D eigenvalue weighted by molar-refractivity contribution is 6.44. The molecule has 0 unspecified atom stereocenters. The maximum atomic E-state index is 12.2. The molecule has 110 valence electrons. The molecule has 0 aliphatic carbocycles. The number of rotatable bonds is 4. The van der Waals surface area contributed by atoms with Crippen LogP contribution in [0.1, 0.15) is 17.3 Å². The van der Waals surface area contributed by atoms with Crippen LogP contribution in [-0.2, 0) is 0 Å². The molecule has 0 fully saturated rings. The molecule has 3 N–H and O–H groups in total. The van der Waals surface area contributed by atoms with Gasteiger partial charge in [-0.2, -0.15) is 0 Å². The lowest BCUT2D eigenvalue weighted by atomic mass is 10.1. The van der Waals surface area contributed by atoms with Crippen LogP contribution in [0.5, 0.6) is 5.75 Å². The highest BCUT2D eigenvalue weighted by Gasteiger charge is 2.12. The predicted molar refractivity (Wildman–Crippen MR) is 86.4 cm³/mol. The van der Waals surface area contributed by atoms with E-state index in [-0.39, 0.29) is 5.91 Å². The maximum absolute atomic E-state index is 12.2. The number of ether oxygens (including phenoxy) is 1. The SMILES string of the molecule is CCOc1ccc(C(=O)Nc2cccc(Cl)c2Cl)cc1N. The molecule has 2 aromatic carbocycles. The second kappa shape index (κ2) is 6.70. The molecule has 2 aromatic rings. The van der Waals surface area contributed by atoms with Crippen LogP contribution >= 0.6 is 23.2 Å². The lowest BCUT2D eigenvalue weighted by Crippen LogP contribution is -2.13. The Labute approximate surface area is 132 Å². The number of amides is 1. The molecule has 0 bridgehead atoms. The van der Waals surface area contributed by atoms with Crippen molar-refractivity contribution >= 4 is 40.5 Å². The van der Waals surface area contributed by atoms with Gasteiger partial charge < -0.3 is 15.8 Å². The molecule has 0 radical (unpaired) electrons. The van der Waals surface area contributed by atoms with Crippen LogP contribution in [0.15, 0.2) is 36.4 Å². The van der Waals surface area contributed by atoms with Gasteiger partial charge in [0.2, 0.25) is 0 Å². The molecule has 6 heteroatoms. The fraction of sp³-hybridized carbons (Fsp3) is 0.133. The molecule has 1 amide bonds. The van der Waals surface area contributed by atoms with Crippen molar-refractivity contribution in [2.75, 3.05) is 17.7 Å². The van der Waals surface area contributed by atoms with Crippen molar-refractivity contribution in [3.63, 3.8) is 0 Å². The average Bonchev–Trinajstić information content (AvgIpc) is 2.46. The second-order valence-electron chi connectivity index (χ2n) is 4.24. The normalized spacial score (nSPS) is 10.2. The van der Waals surface area contributed by atoms with E-state index in [0.717, 1.165) is 0 Å². The van der Waals surface area contributed by atoms with Gasteiger partial charge in [0.05, 0.1) is 28.0 Å². The summed E-state index contributed by atoms with van der Waals surface area (Å²) in [5, 5.41) is 3.37. The van der Waals surface area contributed by atoms with Gasteiger partial charge in [-0.15, -0.1) is 0 Å². The van der Waals surface area contributed by atoms with Crippen molar-refractivity contribution in [3.8, 4) is 5.75 Å². The Bertz CT molecular complexity index is 675. The fourth-order valence-electron chi connectivity index (χ4n) is 1.77. The van der Waals surface area contributed by atoms with E-state index >= 15 is 0 Å². The van der Waals surface area contributed by atoms with Gasteiger partial charge in [0.15, 0.2) is 0 Å². The first-order valence-corrected chi connectivity index (χ1v) is 7.06. The van der Waals surface area contributed by atoms with Crippen molar-refractivity contribution < 1.29 is 9.53 Å². The van der Waals surface area contributed by atoms with Gasteiger partial charge in [-0.05, 0) is 37.3 Å². The highest BCUT2D eigenvalue weighted by Crippen LogP contribution is 2.30. The Kier molecular flexibility index (Phi) is 4.94. The minimum Gasteiger partial charge on any atom is -0.492 e. The third-order valence-electron chi connectivity index (χ3n) is 2.77. The number of hydrogen-bond donors (Lipinski definition) is 2. The van der Waals surface area contributed by atoms with E-state index in [1.807, 2.05) is 6.92 Å². The third-order valence-corrected chi connectivity index (χ3v) is 3.59. The number of carbonyl (C=O) groups is 1. The summed E-state index contributed by atoms with van der Waals surface area (Å²) in [6.07, 6.45) is 0. The molecule has 0 aliphatic rings. The van der Waals surface area contributed by atoms with Gasteiger partial charge in [0.1, 0.15) is 5.75 Å².